The molecule has 0 unspecified atom stereocenters. The molecule has 0 aliphatic rings. The van der Waals surface area contributed by atoms with Crippen molar-refractivity contribution in [3.8, 4) is 0 Å². The first kappa shape index (κ1) is 16.0. The predicted molar refractivity (Wildman–Crippen MR) is 85.3 cm³/mol. The first-order valence-electron chi connectivity index (χ1n) is 7.08. The first-order chi connectivity index (χ1) is 10.9. The summed E-state index contributed by atoms with van der Waals surface area (Å²) in [5.74, 6) is -0.0744. The number of hydrogen-bond donors (Lipinski definition) is 0. The number of azide groups is 1. The van der Waals surface area contributed by atoms with Crippen LogP contribution in [-0.2, 0) is 9.47 Å². The second-order valence-corrected chi connectivity index (χ2v) is 4.84. The highest BCUT2D eigenvalue weighted by Crippen LogP contribution is 2.34. The Balaban J connectivity index is 2.36. The molecule has 0 saturated carbocycles. The van der Waals surface area contributed by atoms with Gasteiger partial charge in [0, 0.05) is 24.5 Å². The van der Waals surface area contributed by atoms with E-state index in [-0.39, 0.29) is 18.8 Å². The standard InChI is InChI=1S/C17H19N3O2/c1-21-13-22-17(15-10-6-3-7-11-15)16(12-19-20-18)14-8-4-2-5-9-14/h2-11,16-17H,12-13H2,1H3/t16-,17-/m0/s1. The van der Waals surface area contributed by atoms with Gasteiger partial charge in [0.1, 0.15) is 6.79 Å². The zero-order valence-corrected chi connectivity index (χ0v) is 12.5. The van der Waals surface area contributed by atoms with Crippen LogP contribution in [0.1, 0.15) is 23.1 Å². The molecule has 2 aromatic rings. The Morgan fingerprint density at radius 3 is 2.14 bits per heavy atom. The molecule has 2 aromatic carbocycles. The molecule has 22 heavy (non-hydrogen) atoms. The minimum Gasteiger partial charge on any atom is -0.359 e. The normalized spacial score (nSPS) is 13.1. The van der Waals surface area contributed by atoms with Crippen LogP contribution in [-0.4, -0.2) is 20.4 Å². The zero-order chi connectivity index (χ0) is 15.6. The van der Waals surface area contributed by atoms with Crippen molar-refractivity contribution in [1.82, 2.24) is 0 Å². The Morgan fingerprint density at radius 1 is 1.00 bits per heavy atom. The van der Waals surface area contributed by atoms with Crippen LogP contribution in [0, 0.1) is 0 Å². The van der Waals surface area contributed by atoms with E-state index >= 15 is 0 Å². The van der Waals surface area contributed by atoms with Crippen molar-refractivity contribution in [2.24, 2.45) is 5.11 Å². The Hall–Kier alpha value is -2.33. The molecule has 0 amide bonds. The van der Waals surface area contributed by atoms with Gasteiger partial charge in [0.15, 0.2) is 0 Å². The summed E-state index contributed by atoms with van der Waals surface area (Å²) in [5, 5.41) is 3.76. The summed E-state index contributed by atoms with van der Waals surface area (Å²) in [5.41, 5.74) is 10.8. The molecule has 114 valence electrons. The summed E-state index contributed by atoms with van der Waals surface area (Å²) in [6, 6.07) is 19.8. The number of hydrogen-bond acceptors (Lipinski definition) is 3. The number of methoxy groups -OCH3 is 1. The molecule has 0 heterocycles. The summed E-state index contributed by atoms with van der Waals surface area (Å²) in [4.78, 5) is 2.90. The lowest BCUT2D eigenvalue weighted by Crippen LogP contribution is -2.18. The Labute approximate surface area is 130 Å². The van der Waals surface area contributed by atoms with Crippen molar-refractivity contribution in [3.05, 3.63) is 82.2 Å². The molecule has 0 aliphatic heterocycles. The molecule has 2 atom stereocenters. The van der Waals surface area contributed by atoms with Gasteiger partial charge in [-0.3, -0.25) is 0 Å². The Bertz CT molecular complexity index is 598. The lowest BCUT2D eigenvalue weighted by molar-refractivity contribution is -0.0816. The third-order valence-corrected chi connectivity index (χ3v) is 3.43. The maximum absolute atomic E-state index is 8.68. The van der Waals surface area contributed by atoms with E-state index in [1.165, 1.54) is 0 Å². The smallest absolute Gasteiger partial charge is 0.147 e. The zero-order valence-electron chi connectivity index (χ0n) is 12.5. The van der Waals surface area contributed by atoms with Crippen LogP contribution in [0.4, 0.5) is 0 Å². The van der Waals surface area contributed by atoms with E-state index < -0.39 is 0 Å². The van der Waals surface area contributed by atoms with Gasteiger partial charge >= 0.3 is 0 Å². The molecule has 5 nitrogen and oxygen atoms in total. The fourth-order valence-electron chi connectivity index (χ4n) is 2.43. The molecular formula is C17H19N3O2. The summed E-state index contributed by atoms with van der Waals surface area (Å²) >= 11 is 0. The van der Waals surface area contributed by atoms with Crippen LogP contribution in [0.15, 0.2) is 65.8 Å². The molecule has 0 N–H and O–H groups in total. The highest BCUT2D eigenvalue weighted by atomic mass is 16.7. The van der Waals surface area contributed by atoms with Gasteiger partial charge in [-0.2, -0.15) is 0 Å². The topological polar surface area (TPSA) is 67.2 Å². The lowest BCUT2D eigenvalue weighted by Gasteiger charge is -2.27. The highest BCUT2D eigenvalue weighted by Gasteiger charge is 2.25. The van der Waals surface area contributed by atoms with Crippen LogP contribution in [0.3, 0.4) is 0 Å². The third kappa shape index (κ3) is 4.33. The fourth-order valence-corrected chi connectivity index (χ4v) is 2.43. The number of ether oxygens (including phenoxy) is 2. The van der Waals surface area contributed by atoms with Crippen molar-refractivity contribution in [3.63, 3.8) is 0 Å². The summed E-state index contributed by atoms with van der Waals surface area (Å²) in [6.07, 6.45) is -0.242. The van der Waals surface area contributed by atoms with Crippen molar-refractivity contribution in [2.45, 2.75) is 12.0 Å². The molecule has 0 aromatic heterocycles. The molecular weight excluding hydrogens is 278 g/mol. The maximum Gasteiger partial charge on any atom is 0.147 e. The lowest BCUT2D eigenvalue weighted by atomic mass is 9.89. The van der Waals surface area contributed by atoms with Gasteiger partial charge < -0.3 is 9.47 Å². The van der Waals surface area contributed by atoms with E-state index in [4.69, 9.17) is 15.0 Å². The van der Waals surface area contributed by atoms with Crippen molar-refractivity contribution in [1.29, 1.82) is 0 Å². The second-order valence-electron chi connectivity index (χ2n) is 4.84. The van der Waals surface area contributed by atoms with Crippen LogP contribution < -0.4 is 0 Å². The first-order valence-corrected chi connectivity index (χ1v) is 7.08. The van der Waals surface area contributed by atoms with Gasteiger partial charge in [0.25, 0.3) is 0 Å². The van der Waals surface area contributed by atoms with Crippen molar-refractivity contribution >= 4 is 0 Å². The van der Waals surface area contributed by atoms with E-state index in [9.17, 15) is 0 Å². The van der Waals surface area contributed by atoms with E-state index in [1.807, 2.05) is 60.7 Å². The van der Waals surface area contributed by atoms with E-state index in [2.05, 4.69) is 10.0 Å². The van der Waals surface area contributed by atoms with Crippen molar-refractivity contribution in [2.75, 3.05) is 20.4 Å². The molecule has 0 fully saturated rings. The summed E-state index contributed by atoms with van der Waals surface area (Å²) in [6.45, 7) is 0.503. The van der Waals surface area contributed by atoms with Gasteiger partial charge in [0.2, 0.25) is 0 Å². The van der Waals surface area contributed by atoms with Gasteiger partial charge in [-0.15, -0.1) is 0 Å². The Kier molecular flexibility index (Phi) is 6.45. The van der Waals surface area contributed by atoms with Gasteiger partial charge in [-0.25, -0.2) is 0 Å². The molecule has 5 heteroatoms. The van der Waals surface area contributed by atoms with Gasteiger partial charge in [-0.05, 0) is 16.7 Å². The highest BCUT2D eigenvalue weighted by molar-refractivity contribution is 5.27. The minimum absolute atomic E-state index is 0.0744. The largest absolute Gasteiger partial charge is 0.359 e. The summed E-state index contributed by atoms with van der Waals surface area (Å²) < 4.78 is 10.9. The van der Waals surface area contributed by atoms with Crippen LogP contribution >= 0.6 is 0 Å². The quantitative estimate of drug-likeness (QED) is 0.313. The fraction of sp³-hybridized carbons (Fsp3) is 0.294. The maximum atomic E-state index is 8.68. The third-order valence-electron chi connectivity index (χ3n) is 3.43. The van der Waals surface area contributed by atoms with E-state index in [0.717, 1.165) is 11.1 Å². The van der Waals surface area contributed by atoms with Gasteiger partial charge in [0.05, 0.1) is 6.10 Å². The number of nitrogens with zero attached hydrogens (tertiary/aromatic N) is 3. The van der Waals surface area contributed by atoms with E-state index in [0.29, 0.717) is 6.54 Å². The average molecular weight is 297 g/mol. The number of benzene rings is 2. The van der Waals surface area contributed by atoms with Gasteiger partial charge in [-0.1, -0.05) is 65.8 Å². The molecule has 2 rings (SSSR count). The summed E-state index contributed by atoms with van der Waals surface area (Å²) in [7, 11) is 1.59. The Morgan fingerprint density at radius 2 is 1.59 bits per heavy atom. The molecule has 0 bridgehead atoms. The SMILES string of the molecule is COCO[C@@H](c1ccccc1)[C@@H](CN=[N+]=[N-])c1ccccc1. The van der Waals surface area contributed by atoms with Crippen LogP contribution in [0.5, 0.6) is 0 Å². The molecule has 0 spiro atoms. The second kappa shape index (κ2) is 8.85. The molecule has 0 aliphatic carbocycles. The van der Waals surface area contributed by atoms with Crippen LogP contribution in [0.25, 0.3) is 10.4 Å². The monoisotopic (exact) mass is 297 g/mol. The molecule has 0 saturated heterocycles. The predicted octanol–water partition coefficient (Wildman–Crippen LogP) is 4.44. The van der Waals surface area contributed by atoms with Crippen molar-refractivity contribution < 1.29 is 9.47 Å². The molecule has 0 radical (unpaired) electrons. The average Bonchev–Trinajstić information content (AvgIpc) is 2.59. The van der Waals surface area contributed by atoms with E-state index in [1.54, 1.807) is 7.11 Å². The minimum atomic E-state index is -0.242. The number of rotatable bonds is 8. The van der Waals surface area contributed by atoms with Crippen LogP contribution in [0.2, 0.25) is 0 Å².